The maximum absolute atomic E-state index is 13.0. The molecule has 0 aromatic carbocycles. The summed E-state index contributed by atoms with van der Waals surface area (Å²) in [6.07, 6.45) is -16.4. The van der Waals surface area contributed by atoms with Gasteiger partial charge in [-0.1, -0.05) is 0 Å². The predicted octanol–water partition coefficient (Wildman–Crippen LogP) is 5.55. The van der Waals surface area contributed by atoms with Gasteiger partial charge in [-0.05, 0) is 0 Å². The number of carbonyl (C=O) groups excluding carboxylic acids is 2. The van der Waals surface area contributed by atoms with E-state index in [9.17, 15) is 79.8 Å². The minimum absolute atomic E-state index is 2.87. The highest BCUT2D eigenvalue weighted by molar-refractivity contribution is 5.63. The Bertz CT molecular complexity index is 663. The Morgan fingerprint density at radius 1 is 0.529 bits per heavy atom. The van der Waals surface area contributed by atoms with Gasteiger partial charge in [-0.2, -0.15) is 72.0 Å². The number of ether oxygens (including phenoxy) is 2. The summed E-state index contributed by atoms with van der Waals surface area (Å²) in [4.78, 5) is 27.4. The Kier molecular flexibility index (Phi) is 9.20. The number of carbonyl (C=O) groups is 2. The van der Waals surface area contributed by atoms with Crippen LogP contribution < -0.4 is 0 Å². The third-order valence-electron chi connectivity index (χ3n) is 3.22. The zero-order chi connectivity index (χ0) is 27.6. The summed E-state index contributed by atoms with van der Waals surface area (Å²) in [5.74, 6) is -39.4. The number of hydrogen-bond donors (Lipinski definition) is 0. The van der Waals surface area contributed by atoms with Crippen LogP contribution in [0.2, 0.25) is 0 Å². The quantitative estimate of drug-likeness (QED) is 0.154. The van der Waals surface area contributed by atoms with Crippen molar-refractivity contribution in [2.24, 2.45) is 0 Å². The van der Waals surface area contributed by atoms with Gasteiger partial charge < -0.3 is 9.47 Å². The van der Waals surface area contributed by atoms with E-state index >= 15 is 0 Å². The minimum atomic E-state index is -6.84. The van der Waals surface area contributed by atoms with E-state index in [4.69, 9.17) is 0 Å². The van der Waals surface area contributed by atoms with Gasteiger partial charge in [-0.3, -0.25) is 0 Å². The van der Waals surface area contributed by atoms with Crippen LogP contribution in [0.1, 0.15) is 0 Å². The molecule has 0 aliphatic rings. The van der Waals surface area contributed by atoms with Crippen LogP contribution >= 0.6 is 0 Å². The van der Waals surface area contributed by atoms with Crippen molar-refractivity contribution in [1.82, 2.24) is 0 Å². The van der Waals surface area contributed by atoms with E-state index in [1.165, 1.54) is 0 Å². The zero-order valence-corrected chi connectivity index (χ0v) is 15.1. The van der Waals surface area contributed by atoms with Gasteiger partial charge in [0.2, 0.25) is 0 Å². The molecule has 0 atom stereocenters. The van der Waals surface area contributed by atoms with Crippen molar-refractivity contribution in [1.29, 1.82) is 0 Å². The summed E-state index contributed by atoms with van der Waals surface area (Å²) in [5, 5.41) is 0. The van der Waals surface area contributed by atoms with Crippen LogP contribution in [0, 0.1) is 0 Å². The molecule has 0 radical (unpaired) electrons. The molecule has 202 valence electrons. The van der Waals surface area contributed by atoms with Crippen molar-refractivity contribution in [3.8, 4) is 0 Å². The second-order valence-electron chi connectivity index (χ2n) is 5.65. The molecule has 0 unspecified atom stereocenters. The number of halogens is 16. The number of alkyl halides is 16. The first-order valence-corrected chi connectivity index (χ1v) is 7.39. The van der Waals surface area contributed by atoms with E-state index < -0.39 is 73.9 Å². The van der Waals surface area contributed by atoms with Crippen LogP contribution in [0.4, 0.5) is 79.8 Å². The molecule has 0 spiro atoms. The molecule has 0 N–H and O–H groups in total. The topological polar surface area (TPSA) is 71.1 Å². The average molecular weight is 550 g/mol. The van der Waals surface area contributed by atoms with Crippen molar-refractivity contribution in [2.45, 2.75) is 48.4 Å². The summed E-state index contributed by atoms with van der Waals surface area (Å²) >= 11 is 0. The van der Waals surface area contributed by atoms with Crippen molar-refractivity contribution < 1.29 is 99.1 Å². The molecular formula is C12H6F16O6. The lowest BCUT2D eigenvalue weighted by molar-refractivity contribution is -0.347. The lowest BCUT2D eigenvalue weighted by Gasteiger charge is -2.31. The number of rotatable bonds is 10. The fourth-order valence-electron chi connectivity index (χ4n) is 1.36. The van der Waals surface area contributed by atoms with Crippen LogP contribution in [-0.2, 0) is 19.2 Å². The Morgan fingerprint density at radius 2 is 0.765 bits per heavy atom. The summed E-state index contributed by atoms with van der Waals surface area (Å²) in [6, 6.07) is 0. The second-order valence-corrected chi connectivity index (χ2v) is 5.65. The average Bonchev–Trinajstić information content (AvgIpc) is 2.68. The maximum Gasteiger partial charge on any atom is 0.550 e. The first-order chi connectivity index (χ1) is 14.9. The van der Waals surface area contributed by atoms with Crippen LogP contribution in [0.15, 0.2) is 0 Å². The zero-order valence-electron chi connectivity index (χ0n) is 15.1. The lowest BCUT2D eigenvalue weighted by Crippen LogP contribution is -2.59. The van der Waals surface area contributed by atoms with Crippen molar-refractivity contribution in [2.75, 3.05) is 13.2 Å². The van der Waals surface area contributed by atoms with Gasteiger partial charge in [-0.15, -0.1) is 0 Å². The Morgan fingerprint density at radius 3 is 0.971 bits per heavy atom. The molecular weight excluding hydrogens is 544 g/mol. The highest BCUT2D eigenvalue weighted by Gasteiger charge is 2.76. The highest BCUT2D eigenvalue weighted by atomic mass is 19.4. The van der Waals surface area contributed by atoms with Gasteiger partial charge in [0.05, 0.1) is 0 Å². The van der Waals surface area contributed by atoms with Crippen molar-refractivity contribution >= 4 is 12.3 Å². The predicted molar refractivity (Wildman–Crippen MR) is 66.6 cm³/mol. The van der Waals surface area contributed by atoms with Crippen molar-refractivity contribution in [3.05, 3.63) is 0 Å². The maximum atomic E-state index is 13.0. The summed E-state index contributed by atoms with van der Waals surface area (Å²) in [7, 11) is 0. The summed E-state index contributed by atoms with van der Waals surface area (Å²) < 4.78 is 207. The summed E-state index contributed by atoms with van der Waals surface area (Å²) in [6.45, 7) is -6.29. The SMILES string of the molecule is O=C(OCC(F)(F)C(F)(F)C(F)(F)C(F)F)OOC(=O)OCC(F)(F)C(F)(F)C(F)(F)C(F)F. The molecule has 0 saturated carbocycles. The molecule has 0 aromatic rings. The van der Waals surface area contributed by atoms with E-state index in [2.05, 4.69) is 19.2 Å². The highest BCUT2D eigenvalue weighted by Crippen LogP contribution is 2.49. The molecule has 0 saturated heterocycles. The normalized spacial score (nSPS) is 14.3. The molecule has 0 heterocycles. The largest absolute Gasteiger partial charge is 0.550 e. The fourth-order valence-corrected chi connectivity index (χ4v) is 1.36. The first-order valence-electron chi connectivity index (χ1n) is 7.39. The third-order valence-corrected chi connectivity index (χ3v) is 3.22. The van der Waals surface area contributed by atoms with Crippen LogP contribution in [0.25, 0.3) is 0 Å². The molecule has 0 amide bonds. The van der Waals surface area contributed by atoms with E-state index in [0.29, 0.717) is 0 Å². The lowest BCUT2D eigenvalue weighted by atomic mass is 10.1. The second kappa shape index (κ2) is 9.96. The Hall–Kier alpha value is -2.58. The van der Waals surface area contributed by atoms with Gasteiger partial charge >= 0.3 is 60.7 Å². The van der Waals surface area contributed by atoms with Crippen molar-refractivity contribution in [3.63, 3.8) is 0 Å². The van der Waals surface area contributed by atoms with Crippen LogP contribution in [0.5, 0.6) is 0 Å². The first kappa shape index (κ1) is 31.4. The van der Waals surface area contributed by atoms with Gasteiger partial charge in [0.25, 0.3) is 0 Å². The molecule has 0 aliphatic heterocycles. The third kappa shape index (κ3) is 6.10. The molecule has 0 fully saturated rings. The van der Waals surface area contributed by atoms with Gasteiger partial charge in [0.15, 0.2) is 13.2 Å². The molecule has 0 aliphatic carbocycles. The minimum Gasteiger partial charge on any atom is -0.425 e. The Balaban J connectivity index is 4.89. The molecule has 0 bridgehead atoms. The van der Waals surface area contributed by atoms with Gasteiger partial charge in [0.1, 0.15) is 0 Å². The molecule has 34 heavy (non-hydrogen) atoms. The molecule has 0 aromatic heterocycles. The molecule has 22 heteroatoms. The number of hydrogen-bond acceptors (Lipinski definition) is 6. The van der Waals surface area contributed by atoms with Gasteiger partial charge in [0, 0.05) is 0 Å². The molecule has 6 nitrogen and oxygen atoms in total. The Labute approximate surface area is 174 Å². The van der Waals surface area contributed by atoms with Crippen LogP contribution in [0.3, 0.4) is 0 Å². The monoisotopic (exact) mass is 550 g/mol. The van der Waals surface area contributed by atoms with E-state index in [1.807, 2.05) is 0 Å². The van der Waals surface area contributed by atoms with E-state index in [0.717, 1.165) is 0 Å². The fraction of sp³-hybridized carbons (Fsp3) is 0.833. The van der Waals surface area contributed by atoms with E-state index in [-0.39, 0.29) is 0 Å². The summed E-state index contributed by atoms with van der Waals surface area (Å²) in [5.41, 5.74) is 0. The smallest absolute Gasteiger partial charge is 0.425 e. The molecule has 0 rings (SSSR count). The van der Waals surface area contributed by atoms with Gasteiger partial charge in [-0.25, -0.2) is 17.6 Å². The van der Waals surface area contributed by atoms with E-state index in [1.54, 1.807) is 0 Å². The van der Waals surface area contributed by atoms with Crippen LogP contribution in [-0.4, -0.2) is 73.9 Å². The standard InChI is InChI=1S/C12H6F16O6/c13-3(14)9(21,22)11(25,26)7(17,18)1-31-5(29)33-34-6(30)32-2-8(19,20)12(27,28)10(23,24)4(15)16/h3-4H,1-2H2.